The average Bonchev–Trinajstić information content (AvgIpc) is 2.53. The lowest BCUT2D eigenvalue weighted by molar-refractivity contribution is -0.132. The lowest BCUT2D eigenvalue weighted by atomic mass is 9.99. The van der Waals surface area contributed by atoms with Crippen molar-refractivity contribution in [2.24, 2.45) is 0 Å². The van der Waals surface area contributed by atoms with Crippen LogP contribution in [-0.4, -0.2) is 31.7 Å². The Hall–Kier alpha value is -1.91. The van der Waals surface area contributed by atoms with Crippen LogP contribution in [0.2, 0.25) is 0 Å². The topological polar surface area (TPSA) is 50.4 Å². The van der Waals surface area contributed by atoms with Gasteiger partial charge in [0, 0.05) is 19.1 Å². The van der Waals surface area contributed by atoms with Gasteiger partial charge in [-0.25, -0.2) is 0 Å². The van der Waals surface area contributed by atoms with Crippen LogP contribution in [0.1, 0.15) is 18.5 Å². The molecule has 1 aliphatic rings. The fourth-order valence-electron chi connectivity index (χ4n) is 2.71. The highest BCUT2D eigenvalue weighted by Crippen LogP contribution is 2.23. The van der Waals surface area contributed by atoms with Crippen LogP contribution in [-0.2, 0) is 9.53 Å². The summed E-state index contributed by atoms with van der Waals surface area (Å²) in [4.78, 5) is 11.1. The number of amides is 1. The van der Waals surface area contributed by atoms with Gasteiger partial charge in [0.1, 0.15) is 6.61 Å². The predicted octanol–water partition coefficient (Wildman–Crippen LogP) is 2.01. The number of benzene rings is 2. The van der Waals surface area contributed by atoms with Crippen LogP contribution in [0.4, 0.5) is 0 Å². The molecular formula is C17H20N2O2. The van der Waals surface area contributed by atoms with E-state index in [0.717, 1.165) is 6.54 Å². The SMILES string of the molecule is C[C@@H](NCC1CNC(=O)CO1)c1cccc2ccccc12. The second kappa shape index (κ2) is 6.24. The molecule has 1 aliphatic heterocycles. The monoisotopic (exact) mass is 284 g/mol. The van der Waals surface area contributed by atoms with Gasteiger partial charge in [0.05, 0.1) is 6.10 Å². The van der Waals surface area contributed by atoms with Crippen LogP contribution >= 0.6 is 0 Å². The molecule has 2 N–H and O–H groups in total. The number of nitrogens with one attached hydrogen (secondary N) is 2. The maximum atomic E-state index is 11.1. The number of hydrogen-bond acceptors (Lipinski definition) is 3. The minimum atomic E-state index is -0.0339. The number of hydrogen-bond donors (Lipinski definition) is 2. The summed E-state index contributed by atoms with van der Waals surface area (Å²) in [6.07, 6.45) is 0.0418. The molecule has 21 heavy (non-hydrogen) atoms. The van der Waals surface area contributed by atoms with Crippen molar-refractivity contribution in [3.63, 3.8) is 0 Å². The van der Waals surface area contributed by atoms with Crippen molar-refractivity contribution in [1.29, 1.82) is 0 Å². The van der Waals surface area contributed by atoms with Gasteiger partial charge in [0.2, 0.25) is 5.91 Å². The fourth-order valence-corrected chi connectivity index (χ4v) is 2.71. The summed E-state index contributed by atoms with van der Waals surface area (Å²) in [5, 5.41) is 8.85. The molecule has 0 bridgehead atoms. The third-order valence-electron chi connectivity index (χ3n) is 3.92. The molecule has 0 saturated carbocycles. The van der Waals surface area contributed by atoms with E-state index >= 15 is 0 Å². The van der Waals surface area contributed by atoms with Crippen molar-refractivity contribution in [2.45, 2.75) is 19.1 Å². The molecule has 3 rings (SSSR count). The Morgan fingerprint density at radius 2 is 2.10 bits per heavy atom. The molecule has 1 unspecified atom stereocenters. The molecule has 2 atom stereocenters. The van der Waals surface area contributed by atoms with Crippen LogP contribution in [0.3, 0.4) is 0 Å². The van der Waals surface area contributed by atoms with Gasteiger partial charge in [-0.1, -0.05) is 42.5 Å². The van der Waals surface area contributed by atoms with E-state index in [1.165, 1.54) is 16.3 Å². The smallest absolute Gasteiger partial charge is 0.246 e. The molecule has 1 fully saturated rings. The number of carbonyl (C=O) groups is 1. The minimum Gasteiger partial charge on any atom is -0.365 e. The van der Waals surface area contributed by atoms with E-state index in [0.29, 0.717) is 6.54 Å². The molecule has 0 aromatic heterocycles. The molecular weight excluding hydrogens is 264 g/mol. The number of rotatable bonds is 4. The van der Waals surface area contributed by atoms with Crippen LogP contribution in [0, 0.1) is 0 Å². The van der Waals surface area contributed by atoms with Crippen molar-refractivity contribution >= 4 is 16.7 Å². The van der Waals surface area contributed by atoms with Crippen molar-refractivity contribution in [3.05, 3.63) is 48.0 Å². The van der Waals surface area contributed by atoms with Gasteiger partial charge < -0.3 is 15.4 Å². The summed E-state index contributed by atoms with van der Waals surface area (Å²) in [5.41, 5.74) is 1.29. The van der Waals surface area contributed by atoms with Gasteiger partial charge in [0.15, 0.2) is 0 Å². The van der Waals surface area contributed by atoms with Gasteiger partial charge in [0.25, 0.3) is 0 Å². The molecule has 1 saturated heterocycles. The van der Waals surface area contributed by atoms with E-state index in [2.05, 4.69) is 60.0 Å². The largest absolute Gasteiger partial charge is 0.365 e. The number of fused-ring (bicyclic) bond motifs is 1. The maximum absolute atomic E-state index is 11.1. The normalized spacial score (nSPS) is 20.2. The number of ether oxygens (including phenoxy) is 1. The van der Waals surface area contributed by atoms with E-state index in [-0.39, 0.29) is 24.7 Å². The van der Waals surface area contributed by atoms with Crippen molar-refractivity contribution < 1.29 is 9.53 Å². The molecule has 1 heterocycles. The lowest BCUT2D eigenvalue weighted by Gasteiger charge is -2.25. The first-order valence-corrected chi connectivity index (χ1v) is 7.33. The molecule has 0 radical (unpaired) electrons. The Kier molecular flexibility index (Phi) is 4.18. The van der Waals surface area contributed by atoms with Gasteiger partial charge in [-0.05, 0) is 23.3 Å². The van der Waals surface area contributed by atoms with E-state index < -0.39 is 0 Å². The second-order valence-corrected chi connectivity index (χ2v) is 5.44. The maximum Gasteiger partial charge on any atom is 0.246 e. The van der Waals surface area contributed by atoms with Crippen molar-refractivity contribution in [3.8, 4) is 0 Å². The molecule has 2 aromatic rings. The average molecular weight is 284 g/mol. The van der Waals surface area contributed by atoms with E-state index in [1.54, 1.807) is 0 Å². The van der Waals surface area contributed by atoms with Gasteiger partial charge in [-0.2, -0.15) is 0 Å². The Balaban J connectivity index is 1.67. The zero-order chi connectivity index (χ0) is 14.7. The molecule has 4 nitrogen and oxygen atoms in total. The molecule has 1 amide bonds. The highest BCUT2D eigenvalue weighted by Gasteiger charge is 2.19. The highest BCUT2D eigenvalue weighted by molar-refractivity contribution is 5.86. The summed E-state index contributed by atoms with van der Waals surface area (Å²) in [7, 11) is 0. The lowest BCUT2D eigenvalue weighted by Crippen LogP contribution is -2.47. The zero-order valence-electron chi connectivity index (χ0n) is 12.1. The Morgan fingerprint density at radius 3 is 2.90 bits per heavy atom. The van der Waals surface area contributed by atoms with E-state index in [9.17, 15) is 4.79 Å². The fraction of sp³-hybridized carbons (Fsp3) is 0.353. The Bertz CT molecular complexity index is 626. The van der Waals surface area contributed by atoms with Crippen molar-refractivity contribution in [1.82, 2.24) is 10.6 Å². The van der Waals surface area contributed by atoms with Gasteiger partial charge >= 0.3 is 0 Å². The summed E-state index contributed by atoms with van der Waals surface area (Å²) in [5.74, 6) is -0.0339. The van der Waals surface area contributed by atoms with Crippen LogP contribution < -0.4 is 10.6 Å². The molecule has 2 aromatic carbocycles. The van der Waals surface area contributed by atoms with E-state index in [4.69, 9.17) is 4.74 Å². The molecule has 4 heteroatoms. The Morgan fingerprint density at radius 1 is 1.29 bits per heavy atom. The first-order valence-electron chi connectivity index (χ1n) is 7.33. The number of carbonyl (C=O) groups excluding carboxylic acids is 1. The van der Waals surface area contributed by atoms with E-state index in [1.807, 2.05) is 0 Å². The summed E-state index contributed by atoms with van der Waals surface area (Å²) >= 11 is 0. The second-order valence-electron chi connectivity index (χ2n) is 5.44. The molecule has 110 valence electrons. The zero-order valence-corrected chi connectivity index (χ0v) is 12.1. The third kappa shape index (κ3) is 3.23. The summed E-state index contributed by atoms with van der Waals surface area (Å²) in [6, 6.07) is 15.0. The molecule has 0 spiro atoms. The minimum absolute atomic E-state index is 0.0339. The summed E-state index contributed by atoms with van der Waals surface area (Å²) < 4.78 is 5.49. The van der Waals surface area contributed by atoms with Gasteiger partial charge in [-0.15, -0.1) is 0 Å². The summed E-state index contributed by atoms with van der Waals surface area (Å²) in [6.45, 7) is 3.62. The van der Waals surface area contributed by atoms with Crippen LogP contribution in [0.5, 0.6) is 0 Å². The number of morpholine rings is 1. The van der Waals surface area contributed by atoms with Gasteiger partial charge in [-0.3, -0.25) is 4.79 Å². The predicted molar refractivity (Wildman–Crippen MR) is 83.1 cm³/mol. The third-order valence-corrected chi connectivity index (χ3v) is 3.92. The molecule has 0 aliphatic carbocycles. The van der Waals surface area contributed by atoms with Crippen molar-refractivity contribution in [2.75, 3.05) is 19.7 Å². The first-order chi connectivity index (χ1) is 10.2. The van der Waals surface area contributed by atoms with Crippen LogP contribution in [0.15, 0.2) is 42.5 Å². The Labute approximate surface area is 124 Å². The first kappa shape index (κ1) is 14.0. The van der Waals surface area contributed by atoms with Crippen LogP contribution in [0.25, 0.3) is 10.8 Å². The highest BCUT2D eigenvalue weighted by atomic mass is 16.5. The quantitative estimate of drug-likeness (QED) is 0.903. The standard InChI is InChI=1S/C17H20N2O2/c1-12(18-9-14-10-19-17(20)11-21-14)15-8-4-6-13-5-2-3-7-16(13)15/h2-8,12,14,18H,9-11H2,1H3,(H,19,20)/t12-,14?/m1/s1.